The Morgan fingerprint density at radius 1 is 0.750 bits per heavy atom. The minimum Gasteiger partial charge on any atom is -0.391 e. The van der Waals surface area contributed by atoms with Gasteiger partial charge < -0.3 is 31.8 Å². The second kappa shape index (κ2) is 16.6. The van der Waals surface area contributed by atoms with Crippen LogP contribution in [0.1, 0.15) is 52.6 Å². The van der Waals surface area contributed by atoms with Crippen molar-refractivity contribution in [3.63, 3.8) is 0 Å². The molecule has 0 aliphatic rings. The number of aliphatic hydroxyl groups excluding tert-OH is 1. The van der Waals surface area contributed by atoms with Crippen molar-refractivity contribution in [2.75, 3.05) is 0 Å². The Bertz CT molecular complexity index is 2140. The summed E-state index contributed by atoms with van der Waals surface area (Å²) in [7, 11) is 0. The van der Waals surface area contributed by atoms with Gasteiger partial charge in [0.2, 0.25) is 17.7 Å². The second-order valence-corrected chi connectivity index (χ2v) is 12.7. The van der Waals surface area contributed by atoms with Crippen LogP contribution in [0.2, 0.25) is 0 Å². The van der Waals surface area contributed by atoms with Crippen molar-refractivity contribution in [3.8, 4) is 0 Å². The summed E-state index contributed by atoms with van der Waals surface area (Å²) in [5.74, 6) is -2.46. The molecule has 264 valence electrons. The minimum absolute atomic E-state index is 0.0195. The highest BCUT2D eigenvalue weighted by Crippen LogP contribution is 2.26. The first kappa shape index (κ1) is 35.5. The van der Waals surface area contributed by atoms with Gasteiger partial charge in [-0.1, -0.05) is 103 Å². The molecule has 0 saturated heterocycles. The predicted molar refractivity (Wildman–Crippen MR) is 199 cm³/mol. The monoisotopic (exact) mass is 696 g/mol. The van der Waals surface area contributed by atoms with E-state index in [0.717, 1.165) is 33.1 Å². The van der Waals surface area contributed by atoms with E-state index in [2.05, 4.69) is 25.9 Å². The number of primary amides is 1. The molecule has 6 aromatic rings. The molecule has 7 N–H and O–H groups in total. The number of nitrogens with two attached hydrogens (primary N) is 1. The van der Waals surface area contributed by atoms with E-state index in [1.54, 1.807) is 18.2 Å². The lowest BCUT2D eigenvalue weighted by Crippen LogP contribution is -2.54. The van der Waals surface area contributed by atoms with Gasteiger partial charge in [0.25, 0.3) is 5.91 Å². The van der Waals surface area contributed by atoms with Gasteiger partial charge in [0.05, 0.1) is 30.1 Å². The predicted octanol–water partition coefficient (Wildman–Crippen LogP) is 4.46. The number of H-pyrrole nitrogens is 1. The van der Waals surface area contributed by atoms with Gasteiger partial charge in [0, 0.05) is 23.0 Å². The summed E-state index contributed by atoms with van der Waals surface area (Å²) < 4.78 is 0. The number of pyridine rings is 1. The molecular formula is C41H40N6O5. The third-order valence-corrected chi connectivity index (χ3v) is 8.92. The van der Waals surface area contributed by atoms with Crippen molar-refractivity contribution in [2.45, 2.75) is 49.9 Å². The lowest BCUT2D eigenvalue weighted by molar-refractivity contribution is -0.128. The molecule has 0 aliphatic carbocycles. The van der Waals surface area contributed by atoms with Gasteiger partial charge in [-0.25, -0.2) is 4.98 Å². The number of carbonyl (C=O) groups excluding carboxylic acids is 4. The smallest absolute Gasteiger partial charge is 0.270 e. The molecule has 4 amide bonds. The number of aromatic nitrogens is 2. The Kier molecular flexibility index (Phi) is 11.3. The number of hydrogen-bond acceptors (Lipinski definition) is 6. The van der Waals surface area contributed by atoms with E-state index in [-0.39, 0.29) is 30.9 Å². The number of aromatic amines is 1. The lowest BCUT2D eigenvalue weighted by atomic mass is 9.97. The number of carbonyl (C=O) groups is 4. The van der Waals surface area contributed by atoms with E-state index in [0.29, 0.717) is 5.52 Å². The zero-order valence-corrected chi connectivity index (χ0v) is 28.4. The maximum atomic E-state index is 13.7. The Morgan fingerprint density at radius 2 is 1.42 bits per heavy atom. The number of fused-ring (bicyclic) bond motifs is 2. The van der Waals surface area contributed by atoms with Gasteiger partial charge in [0.15, 0.2) is 0 Å². The van der Waals surface area contributed by atoms with Crippen molar-refractivity contribution >= 4 is 45.4 Å². The van der Waals surface area contributed by atoms with Crippen LogP contribution < -0.4 is 21.7 Å². The molecule has 0 saturated carbocycles. The summed E-state index contributed by atoms with van der Waals surface area (Å²) in [4.78, 5) is 60.2. The summed E-state index contributed by atoms with van der Waals surface area (Å²) in [5.41, 5.74) is 9.62. The van der Waals surface area contributed by atoms with Crippen molar-refractivity contribution in [2.24, 2.45) is 5.73 Å². The molecule has 0 radical (unpaired) electrons. The first-order valence-electron chi connectivity index (χ1n) is 17.1. The number of amides is 4. The summed E-state index contributed by atoms with van der Waals surface area (Å²) >= 11 is 0. The quantitative estimate of drug-likeness (QED) is 0.0923. The van der Waals surface area contributed by atoms with Crippen LogP contribution in [0.3, 0.4) is 0 Å². The number of nitrogens with one attached hydrogen (secondary N) is 4. The second-order valence-electron chi connectivity index (χ2n) is 12.7. The Hall–Kier alpha value is -6.33. The highest BCUT2D eigenvalue weighted by molar-refractivity contribution is 5.99. The van der Waals surface area contributed by atoms with Crippen LogP contribution in [0.5, 0.6) is 0 Å². The largest absolute Gasteiger partial charge is 0.391 e. The van der Waals surface area contributed by atoms with E-state index >= 15 is 0 Å². The first-order chi connectivity index (χ1) is 25.2. The molecular weight excluding hydrogens is 656 g/mol. The van der Waals surface area contributed by atoms with Gasteiger partial charge in [0.1, 0.15) is 11.7 Å². The minimum atomic E-state index is -1.34. The van der Waals surface area contributed by atoms with E-state index in [1.807, 2.05) is 103 Å². The molecule has 0 spiro atoms. The van der Waals surface area contributed by atoms with Crippen LogP contribution in [0.4, 0.5) is 0 Å². The van der Waals surface area contributed by atoms with Gasteiger partial charge in [-0.05, 0) is 53.6 Å². The zero-order chi connectivity index (χ0) is 36.5. The molecule has 0 aliphatic heterocycles. The molecule has 11 nitrogen and oxygen atoms in total. The van der Waals surface area contributed by atoms with Crippen LogP contribution >= 0.6 is 0 Å². The van der Waals surface area contributed by atoms with Gasteiger partial charge in [-0.15, -0.1) is 0 Å². The Labute approximate surface area is 300 Å². The molecule has 11 heteroatoms. The molecule has 6 rings (SSSR count). The fourth-order valence-electron chi connectivity index (χ4n) is 6.22. The average molecular weight is 697 g/mol. The molecule has 0 bridgehead atoms. The molecule has 4 aromatic carbocycles. The van der Waals surface area contributed by atoms with E-state index in [1.165, 1.54) is 6.07 Å². The molecule has 0 fully saturated rings. The average Bonchev–Trinajstić information content (AvgIpc) is 3.60. The lowest BCUT2D eigenvalue weighted by Gasteiger charge is -2.27. The molecule has 2 heterocycles. The molecule has 4 atom stereocenters. The van der Waals surface area contributed by atoms with Crippen LogP contribution in [-0.4, -0.2) is 56.9 Å². The van der Waals surface area contributed by atoms with Crippen molar-refractivity contribution in [1.82, 2.24) is 25.9 Å². The van der Waals surface area contributed by atoms with E-state index in [4.69, 9.17) is 5.73 Å². The third kappa shape index (κ3) is 9.06. The summed E-state index contributed by atoms with van der Waals surface area (Å²) in [6.07, 6.45) is -1.44. The highest BCUT2D eigenvalue weighted by atomic mass is 16.3. The summed E-state index contributed by atoms with van der Waals surface area (Å²) in [6, 6.07) is 36.6. The van der Waals surface area contributed by atoms with Crippen molar-refractivity contribution in [3.05, 3.63) is 150 Å². The number of aliphatic hydroxyl groups is 1. The highest BCUT2D eigenvalue weighted by Gasteiger charge is 2.30. The SMILES string of the molecule is NC(=O)C[C@H](NC(=O)c1ccc2ccccc2n1)C(=O)NC(Cc1ccccc1)[C@@H](O)CCC(=O)NC(c1ccccc1)c1cc2ccccc2[nH]1. The Morgan fingerprint density at radius 3 is 2.15 bits per heavy atom. The first-order valence-corrected chi connectivity index (χ1v) is 17.1. The zero-order valence-electron chi connectivity index (χ0n) is 28.4. The van der Waals surface area contributed by atoms with Crippen molar-refractivity contribution < 1.29 is 24.3 Å². The summed E-state index contributed by atoms with van der Waals surface area (Å²) in [6.45, 7) is 0. The van der Waals surface area contributed by atoms with Crippen LogP contribution in [0.25, 0.3) is 21.8 Å². The van der Waals surface area contributed by atoms with Crippen LogP contribution in [-0.2, 0) is 20.8 Å². The fraction of sp³-hybridized carbons (Fsp3) is 0.195. The van der Waals surface area contributed by atoms with Gasteiger partial charge in [-0.3, -0.25) is 19.2 Å². The van der Waals surface area contributed by atoms with Gasteiger partial charge >= 0.3 is 0 Å². The van der Waals surface area contributed by atoms with E-state index < -0.39 is 48.4 Å². The van der Waals surface area contributed by atoms with E-state index in [9.17, 15) is 24.3 Å². The number of rotatable bonds is 15. The fourth-order valence-corrected chi connectivity index (χ4v) is 6.22. The number of para-hydroxylation sites is 2. The standard InChI is InChI=1S/C41H40N6O5/c42-37(49)25-35(46-40(51)32-20-19-27-13-7-9-17-30(27)43-32)41(52)45-33(23-26-11-3-1-4-12-26)36(48)21-22-38(50)47-39(28-14-5-2-6-15-28)34-24-29-16-8-10-18-31(29)44-34/h1-20,24,33,35-36,39,44,48H,21-23,25H2,(H2,42,49)(H,45,52)(H,46,51)(H,47,50)/t33?,35-,36-,39?/m0/s1. The maximum Gasteiger partial charge on any atom is 0.270 e. The third-order valence-electron chi connectivity index (χ3n) is 8.92. The van der Waals surface area contributed by atoms with Crippen LogP contribution in [0.15, 0.2) is 127 Å². The Balaban J connectivity index is 1.15. The van der Waals surface area contributed by atoms with Crippen molar-refractivity contribution in [1.29, 1.82) is 0 Å². The topological polar surface area (TPSA) is 179 Å². The number of nitrogens with zero attached hydrogens (tertiary/aromatic N) is 1. The molecule has 52 heavy (non-hydrogen) atoms. The van der Waals surface area contributed by atoms with Crippen LogP contribution in [0, 0.1) is 0 Å². The number of hydrogen-bond donors (Lipinski definition) is 6. The normalized spacial score (nSPS) is 13.5. The van der Waals surface area contributed by atoms with Gasteiger partial charge in [-0.2, -0.15) is 0 Å². The number of benzene rings is 4. The summed E-state index contributed by atoms with van der Waals surface area (Å²) in [5, 5.41) is 21.8. The molecule has 2 unspecified atom stereocenters. The molecule has 2 aromatic heterocycles. The maximum absolute atomic E-state index is 13.7.